The van der Waals surface area contributed by atoms with E-state index in [1.54, 1.807) is 18.2 Å². The Morgan fingerprint density at radius 3 is 2.72 bits per heavy atom. The van der Waals surface area contributed by atoms with Gasteiger partial charge < -0.3 is 4.74 Å². The smallest absolute Gasteiger partial charge is 0.273 e. The number of benzene rings is 3. The first kappa shape index (κ1) is 19.6. The van der Waals surface area contributed by atoms with Crippen LogP contribution in [-0.2, 0) is 11.2 Å². The maximum Gasteiger partial charge on any atom is 0.273 e. The predicted octanol–water partition coefficient (Wildman–Crippen LogP) is 3.45. The second-order valence-electron chi connectivity index (χ2n) is 6.05. The minimum Gasteiger partial charge on any atom is -0.480 e. The number of ether oxygens (including phenoxy) is 1. The second-order valence-corrected chi connectivity index (χ2v) is 6.05. The van der Waals surface area contributed by atoms with E-state index in [9.17, 15) is 14.9 Å². The number of hydrogen-bond acceptors (Lipinski definition) is 5. The van der Waals surface area contributed by atoms with Crippen LogP contribution in [0.5, 0.6) is 5.75 Å². The van der Waals surface area contributed by atoms with Crippen LogP contribution in [0.15, 0.2) is 65.8 Å². The molecule has 0 aromatic heterocycles. The molecule has 29 heavy (non-hydrogen) atoms. The number of rotatable bonds is 7. The fourth-order valence-corrected chi connectivity index (χ4v) is 2.87. The van der Waals surface area contributed by atoms with Gasteiger partial charge in [-0.15, -0.1) is 6.42 Å². The highest BCUT2D eigenvalue weighted by Gasteiger charge is 2.15. The van der Waals surface area contributed by atoms with Crippen LogP contribution in [0.25, 0.3) is 10.8 Å². The molecule has 3 aromatic rings. The monoisotopic (exact) mass is 387 g/mol. The van der Waals surface area contributed by atoms with E-state index >= 15 is 0 Å². The summed E-state index contributed by atoms with van der Waals surface area (Å²) in [6, 6.07) is 17.5. The van der Waals surface area contributed by atoms with Gasteiger partial charge in [0.05, 0.1) is 17.6 Å². The van der Waals surface area contributed by atoms with Crippen molar-refractivity contribution in [1.29, 1.82) is 0 Å². The summed E-state index contributed by atoms with van der Waals surface area (Å²) in [5.41, 5.74) is 3.28. The molecule has 0 saturated heterocycles. The number of fused-ring (bicyclic) bond motifs is 1. The molecule has 0 radical (unpaired) electrons. The van der Waals surface area contributed by atoms with Crippen molar-refractivity contribution in [2.24, 2.45) is 5.10 Å². The summed E-state index contributed by atoms with van der Waals surface area (Å²) < 4.78 is 5.57. The number of carbonyl (C=O) groups excluding carboxylic acids is 1. The number of hydrazone groups is 1. The molecule has 3 aromatic carbocycles. The molecule has 7 nitrogen and oxygen atoms in total. The van der Waals surface area contributed by atoms with Crippen LogP contribution in [0.2, 0.25) is 0 Å². The Balaban J connectivity index is 1.79. The predicted molar refractivity (Wildman–Crippen MR) is 111 cm³/mol. The number of terminal acetylenes is 1. The maximum absolute atomic E-state index is 12.2. The first-order valence-electron chi connectivity index (χ1n) is 8.72. The van der Waals surface area contributed by atoms with Gasteiger partial charge in [0.2, 0.25) is 5.91 Å². The average molecular weight is 387 g/mol. The first-order chi connectivity index (χ1) is 14.1. The zero-order chi connectivity index (χ0) is 20.6. The lowest BCUT2D eigenvalue weighted by Crippen LogP contribution is -2.20. The molecule has 0 unspecified atom stereocenters. The van der Waals surface area contributed by atoms with Crippen molar-refractivity contribution in [2.45, 2.75) is 6.42 Å². The molecule has 0 aliphatic rings. The number of para-hydroxylation sites is 1. The Labute approximate surface area is 167 Å². The van der Waals surface area contributed by atoms with Gasteiger partial charge in [-0.1, -0.05) is 54.5 Å². The zero-order valence-corrected chi connectivity index (χ0v) is 15.4. The normalized spacial score (nSPS) is 10.6. The molecule has 0 bridgehead atoms. The standard InChI is InChI=1S/C22H17N3O4/c1-2-13-29-21-12-11-16-7-3-5-9-18(16)19(21)15-23-24-22(26)14-17-8-4-6-10-20(17)25(27)28/h1,3-12,15H,13-14H2,(H,24,26)/b23-15+. The van der Waals surface area contributed by atoms with Crippen molar-refractivity contribution in [1.82, 2.24) is 5.43 Å². The molecular formula is C22H17N3O4. The van der Waals surface area contributed by atoms with Gasteiger partial charge in [0.25, 0.3) is 5.69 Å². The van der Waals surface area contributed by atoms with E-state index in [1.807, 2.05) is 30.3 Å². The van der Waals surface area contributed by atoms with E-state index in [0.29, 0.717) is 16.9 Å². The fourth-order valence-electron chi connectivity index (χ4n) is 2.87. The molecule has 3 rings (SSSR count). The van der Waals surface area contributed by atoms with Gasteiger partial charge >= 0.3 is 0 Å². The molecule has 0 atom stereocenters. The Hall–Kier alpha value is -4.18. The Morgan fingerprint density at radius 2 is 1.93 bits per heavy atom. The molecule has 0 aliphatic heterocycles. The van der Waals surface area contributed by atoms with Crippen molar-refractivity contribution in [3.63, 3.8) is 0 Å². The number of carbonyl (C=O) groups is 1. The Kier molecular flexibility index (Phi) is 6.18. The van der Waals surface area contributed by atoms with E-state index < -0.39 is 10.8 Å². The number of nitrogens with one attached hydrogen (secondary N) is 1. The van der Waals surface area contributed by atoms with Crippen LogP contribution in [0.3, 0.4) is 0 Å². The molecule has 7 heteroatoms. The molecule has 1 N–H and O–H groups in total. The highest BCUT2D eigenvalue weighted by molar-refractivity contribution is 6.02. The van der Waals surface area contributed by atoms with Crippen LogP contribution in [-0.4, -0.2) is 23.7 Å². The SMILES string of the molecule is C#CCOc1ccc2ccccc2c1/C=N/NC(=O)Cc1ccccc1[N+](=O)[O-]. The molecule has 0 aliphatic carbocycles. The summed E-state index contributed by atoms with van der Waals surface area (Å²) in [4.78, 5) is 22.7. The summed E-state index contributed by atoms with van der Waals surface area (Å²) in [7, 11) is 0. The topological polar surface area (TPSA) is 93.8 Å². The van der Waals surface area contributed by atoms with Gasteiger partial charge in [-0.2, -0.15) is 5.10 Å². The minimum atomic E-state index is -0.517. The fraction of sp³-hybridized carbons (Fsp3) is 0.0909. The van der Waals surface area contributed by atoms with Gasteiger partial charge in [-0.05, 0) is 16.8 Å². The summed E-state index contributed by atoms with van der Waals surface area (Å²) in [6.07, 6.45) is 6.59. The van der Waals surface area contributed by atoms with Gasteiger partial charge in [0.1, 0.15) is 12.4 Å². The van der Waals surface area contributed by atoms with E-state index in [1.165, 1.54) is 18.3 Å². The molecular weight excluding hydrogens is 370 g/mol. The number of hydrogen-bond donors (Lipinski definition) is 1. The molecule has 144 valence electrons. The van der Waals surface area contributed by atoms with Crippen LogP contribution < -0.4 is 10.2 Å². The van der Waals surface area contributed by atoms with Crippen molar-refractivity contribution < 1.29 is 14.5 Å². The second kappa shape index (κ2) is 9.15. The largest absolute Gasteiger partial charge is 0.480 e. The molecule has 0 heterocycles. The summed E-state index contributed by atoms with van der Waals surface area (Å²) in [6.45, 7) is 0.100. The number of nitro groups is 1. The lowest BCUT2D eigenvalue weighted by atomic mass is 10.0. The Morgan fingerprint density at radius 1 is 1.17 bits per heavy atom. The van der Waals surface area contributed by atoms with Gasteiger partial charge in [0, 0.05) is 17.2 Å². The summed E-state index contributed by atoms with van der Waals surface area (Å²) in [5, 5.41) is 16.9. The third-order valence-electron chi connectivity index (χ3n) is 4.16. The third-order valence-corrected chi connectivity index (χ3v) is 4.16. The van der Waals surface area contributed by atoms with E-state index in [2.05, 4.69) is 16.4 Å². The first-order valence-corrected chi connectivity index (χ1v) is 8.72. The van der Waals surface area contributed by atoms with E-state index in [0.717, 1.165) is 10.8 Å². The van der Waals surface area contributed by atoms with Gasteiger partial charge in [-0.3, -0.25) is 14.9 Å². The van der Waals surface area contributed by atoms with Gasteiger partial charge in [-0.25, -0.2) is 5.43 Å². The minimum absolute atomic E-state index is 0.100. The average Bonchev–Trinajstić information content (AvgIpc) is 2.73. The van der Waals surface area contributed by atoms with Gasteiger partial charge in [0.15, 0.2) is 0 Å². The Bertz CT molecular complexity index is 1130. The van der Waals surface area contributed by atoms with Crippen LogP contribution in [0, 0.1) is 22.5 Å². The van der Waals surface area contributed by atoms with Crippen molar-refractivity contribution >= 4 is 28.6 Å². The summed E-state index contributed by atoms with van der Waals surface area (Å²) in [5.74, 6) is 2.49. The summed E-state index contributed by atoms with van der Waals surface area (Å²) >= 11 is 0. The van der Waals surface area contributed by atoms with Crippen LogP contribution in [0.4, 0.5) is 5.69 Å². The van der Waals surface area contributed by atoms with E-state index in [-0.39, 0.29) is 18.7 Å². The molecule has 0 spiro atoms. The van der Waals surface area contributed by atoms with E-state index in [4.69, 9.17) is 11.2 Å². The van der Waals surface area contributed by atoms with Crippen molar-refractivity contribution in [3.05, 3.63) is 81.9 Å². The highest BCUT2D eigenvalue weighted by Crippen LogP contribution is 2.26. The van der Waals surface area contributed by atoms with Crippen molar-refractivity contribution in [2.75, 3.05) is 6.61 Å². The number of nitro benzene ring substituents is 1. The number of nitrogens with zero attached hydrogens (tertiary/aromatic N) is 2. The number of amides is 1. The maximum atomic E-state index is 12.2. The van der Waals surface area contributed by atoms with Crippen LogP contribution in [0.1, 0.15) is 11.1 Å². The van der Waals surface area contributed by atoms with Crippen LogP contribution >= 0.6 is 0 Å². The lowest BCUT2D eigenvalue weighted by Gasteiger charge is -2.10. The quantitative estimate of drug-likeness (QED) is 0.291. The zero-order valence-electron chi connectivity index (χ0n) is 15.4. The molecule has 0 saturated carbocycles. The van der Waals surface area contributed by atoms with Crippen molar-refractivity contribution in [3.8, 4) is 18.1 Å². The highest BCUT2D eigenvalue weighted by atomic mass is 16.6. The lowest BCUT2D eigenvalue weighted by molar-refractivity contribution is -0.385. The molecule has 1 amide bonds. The third kappa shape index (κ3) is 4.76. The molecule has 0 fully saturated rings.